The summed E-state index contributed by atoms with van der Waals surface area (Å²) in [5.41, 5.74) is 3.63. The molecule has 3 rings (SSSR count). The monoisotopic (exact) mass is 375 g/mol. The molecule has 1 N–H and O–H groups in total. The fourth-order valence-electron chi connectivity index (χ4n) is 3.17. The van der Waals surface area contributed by atoms with E-state index >= 15 is 0 Å². The topological polar surface area (TPSA) is 30.5 Å². The Morgan fingerprint density at radius 1 is 0.821 bits per heavy atom. The molecule has 28 heavy (non-hydrogen) atoms. The molecule has 0 saturated heterocycles. The lowest BCUT2D eigenvalue weighted by atomic mass is 10.1. The Kier molecular flexibility index (Phi) is 7.51. The zero-order valence-corrected chi connectivity index (χ0v) is 16.7. The summed E-state index contributed by atoms with van der Waals surface area (Å²) in [6.07, 6.45) is 2.17. The molecule has 3 heteroatoms. The zero-order valence-electron chi connectivity index (χ0n) is 16.7. The van der Waals surface area contributed by atoms with Crippen molar-refractivity contribution in [3.05, 3.63) is 95.6 Å². The number of benzene rings is 3. The second-order valence-corrected chi connectivity index (χ2v) is 7.03. The van der Waals surface area contributed by atoms with Crippen LogP contribution in [-0.2, 0) is 19.6 Å². The van der Waals surface area contributed by atoms with Crippen LogP contribution in [-0.4, -0.2) is 13.2 Å². The second kappa shape index (κ2) is 10.5. The maximum Gasteiger partial charge on any atom is 0.166 e. The van der Waals surface area contributed by atoms with Gasteiger partial charge in [0.25, 0.3) is 0 Å². The number of nitrogens with one attached hydrogen (secondary N) is 1. The predicted octanol–water partition coefficient (Wildman–Crippen LogP) is 5.39. The Hall–Kier alpha value is -2.78. The highest BCUT2D eigenvalue weighted by Gasteiger charge is 2.12. The maximum absolute atomic E-state index is 6.14. The van der Waals surface area contributed by atoms with E-state index in [0.717, 1.165) is 42.0 Å². The van der Waals surface area contributed by atoms with Crippen LogP contribution in [0.2, 0.25) is 0 Å². The number of para-hydroxylation sites is 1. The Morgan fingerprint density at radius 3 is 2.18 bits per heavy atom. The SMILES string of the molecule is COc1cccc(CN[C@H](C)CCc2ccccc2)c1OCc1ccccc1. The molecule has 0 heterocycles. The summed E-state index contributed by atoms with van der Waals surface area (Å²) < 4.78 is 11.7. The van der Waals surface area contributed by atoms with Gasteiger partial charge in [0.05, 0.1) is 7.11 Å². The molecule has 0 bridgehead atoms. The molecule has 1 atom stereocenters. The lowest BCUT2D eigenvalue weighted by molar-refractivity contribution is 0.280. The first-order chi connectivity index (χ1) is 13.8. The van der Waals surface area contributed by atoms with Crippen LogP contribution < -0.4 is 14.8 Å². The van der Waals surface area contributed by atoms with Gasteiger partial charge in [0, 0.05) is 18.2 Å². The minimum absolute atomic E-state index is 0.411. The molecule has 0 radical (unpaired) electrons. The maximum atomic E-state index is 6.14. The third kappa shape index (κ3) is 5.86. The first kappa shape index (κ1) is 20.0. The van der Waals surface area contributed by atoms with Gasteiger partial charge in [0.2, 0.25) is 0 Å². The molecule has 0 aliphatic heterocycles. The lowest BCUT2D eigenvalue weighted by Crippen LogP contribution is -2.26. The highest BCUT2D eigenvalue weighted by atomic mass is 16.5. The molecule has 0 aliphatic rings. The van der Waals surface area contributed by atoms with E-state index in [1.807, 2.05) is 30.3 Å². The Morgan fingerprint density at radius 2 is 1.50 bits per heavy atom. The van der Waals surface area contributed by atoms with E-state index in [2.05, 4.69) is 60.8 Å². The number of ether oxygens (including phenoxy) is 2. The summed E-state index contributed by atoms with van der Waals surface area (Å²) in [7, 11) is 1.68. The van der Waals surface area contributed by atoms with Gasteiger partial charge in [-0.25, -0.2) is 0 Å². The van der Waals surface area contributed by atoms with Crippen molar-refractivity contribution < 1.29 is 9.47 Å². The first-order valence-electron chi connectivity index (χ1n) is 9.86. The Labute approximate surface area is 168 Å². The Bertz CT molecular complexity index is 834. The van der Waals surface area contributed by atoms with Crippen LogP contribution in [0.5, 0.6) is 11.5 Å². The number of aryl methyl sites for hydroxylation is 1. The summed E-state index contributed by atoms with van der Waals surface area (Å²) in [5, 5.41) is 3.62. The van der Waals surface area contributed by atoms with Crippen LogP contribution in [0.3, 0.4) is 0 Å². The molecule has 0 unspecified atom stereocenters. The van der Waals surface area contributed by atoms with E-state index in [-0.39, 0.29) is 0 Å². The van der Waals surface area contributed by atoms with Crippen LogP contribution in [0.25, 0.3) is 0 Å². The average molecular weight is 376 g/mol. The summed E-state index contributed by atoms with van der Waals surface area (Å²) in [5.74, 6) is 1.59. The van der Waals surface area contributed by atoms with Crippen molar-refractivity contribution in [1.82, 2.24) is 5.32 Å². The van der Waals surface area contributed by atoms with E-state index < -0.39 is 0 Å². The van der Waals surface area contributed by atoms with Gasteiger partial charge < -0.3 is 14.8 Å². The minimum atomic E-state index is 0.411. The van der Waals surface area contributed by atoms with Crippen molar-refractivity contribution in [1.29, 1.82) is 0 Å². The van der Waals surface area contributed by atoms with E-state index in [9.17, 15) is 0 Å². The van der Waals surface area contributed by atoms with Crippen molar-refractivity contribution in [2.24, 2.45) is 0 Å². The largest absolute Gasteiger partial charge is 0.493 e. The average Bonchev–Trinajstić information content (AvgIpc) is 2.76. The molecular weight excluding hydrogens is 346 g/mol. The van der Waals surface area contributed by atoms with Gasteiger partial charge in [-0.15, -0.1) is 0 Å². The first-order valence-corrected chi connectivity index (χ1v) is 9.86. The summed E-state index contributed by atoms with van der Waals surface area (Å²) >= 11 is 0. The molecule has 0 aliphatic carbocycles. The van der Waals surface area contributed by atoms with E-state index in [4.69, 9.17) is 9.47 Å². The van der Waals surface area contributed by atoms with Gasteiger partial charge in [-0.05, 0) is 37.0 Å². The smallest absolute Gasteiger partial charge is 0.166 e. The molecular formula is C25H29NO2. The summed E-state index contributed by atoms with van der Waals surface area (Å²) in [4.78, 5) is 0. The van der Waals surface area contributed by atoms with Crippen LogP contribution in [0, 0.1) is 0 Å². The van der Waals surface area contributed by atoms with Gasteiger partial charge in [-0.1, -0.05) is 72.8 Å². The second-order valence-electron chi connectivity index (χ2n) is 7.03. The molecule has 3 nitrogen and oxygen atoms in total. The van der Waals surface area contributed by atoms with Crippen molar-refractivity contribution in [2.45, 2.75) is 39.0 Å². The highest BCUT2D eigenvalue weighted by molar-refractivity contribution is 5.46. The molecule has 146 valence electrons. The molecule has 3 aromatic rings. The summed E-state index contributed by atoms with van der Waals surface area (Å²) in [6.45, 7) is 3.50. The molecule has 0 saturated carbocycles. The van der Waals surface area contributed by atoms with Crippen molar-refractivity contribution in [3.63, 3.8) is 0 Å². The number of hydrogen-bond acceptors (Lipinski definition) is 3. The van der Waals surface area contributed by atoms with Crippen LogP contribution in [0.4, 0.5) is 0 Å². The quantitative estimate of drug-likeness (QED) is 0.516. The Balaban J connectivity index is 1.59. The van der Waals surface area contributed by atoms with Gasteiger partial charge >= 0.3 is 0 Å². The summed E-state index contributed by atoms with van der Waals surface area (Å²) in [6, 6.07) is 27.3. The number of methoxy groups -OCH3 is 1. The predicted molar refractivity (Wildman–Crippen MR) is 115 cm³/mol. The van der Waals surface area contributed by atoms with Gasteiger partial charge in [-0.3, -0.25) is 0 Å². The van der Waals surface area contributed by atoms with Gasteiger partial charge in [0.15, 0.2) is 11.5 Å². The fraction of sp³-hybridized carbons (Fsp3) is 0.280. The van der Waals surface area contributed by atoms with Crippen molar-refractivity contribution in [2.75, 3.05) is 7.11 Å². The third-order valence-corrected chi connectivity index (χ3v) is 4.86. The van der Waals surface area contributed by atoms with Gasteiger partial charge in [0.1, 0.15) is 6.61 Å². The number of rotatable bonds is 10. The zero-order chi connectivity index (χ0) is 19.6. The molecule has 0 amide bonds. The number of hydrogen-bond donors (Lipinski definition) is 1. The molecule has 0 aromatic heterocycles. The van der Waals surface area contributed by atoms with Crippen LogP contribution in [0.15, 0.2) is 78.9 Å². The van der Waals surface area contributed by atoms with Gasteiger partial charge in [-0.2, -0.15) is 0 Å². The fourth-order valence-corrected chi connectivity index (χ4v) is 3.17. The molecule has 0 spiro atoms. The van der Waals surface area contributed by atoms with E-state index in [0.29, 0.717) is 12.6 Å². The lowest BCUT2D eigenvalue weighted by Gasteiger charge is -2.18. The van der Waals surface area contributed by atoms with Crippen molar-refractivity contribution >= 4 is 0 Å². The third-order valence-electron chi connectivity index (χ3n) is 4.86. The normalized spacial score (nSPS) is 11.8. The molecule has 0 fully saturated rings. The minimum Gasteiger partial charge on any atom is -0.493 e. The van der Waals surface area contributed by atoms with Crippen molar-refractivity contribution in [3.8, 4) is 11.5 Å². The standard InChI is InChI=1S/C25H29NO2/c1-20(16-17-21-10-5-3-6-11-21)26-18-23-14-9-15-24(27-2)25(23)28-19-22-12-7-4-8-13-22/h3-15,20,26H,16-19H2,1-2H3/t20-/m1/s1. The van der Waals surface area contributed by atoms with Crippen LogP contribution >= 0.6 is 0 Å². The van der Waals surface area contributed by atoms with Crippen LogP contribution in [0.1, 0.15) is 30.0 Å². The highest BCUT2D eigenvalue weighted by Crippen LogP contribution is 2.32. The van der Waals surface area contributed by atoms with E-state index in [1.165, 1.54) is 5.56 Å². The molecule has 3 aromatic carbocycles. The van der Waals surface area contributed by atoms with E-state index in [1.54, 1.807) is 7.11 Å².